The number of para-hydroxylation sites is 3. The Hall–Kier alpha value is -7.50. The molecule has 0 radical (unpaired) electrons. The van der Waals surface area contributed by atoms with Crippen molar-refractivity contribution < 1.29 is 4.42 Å². The van der Waals surface area contributed by atoms with Crippen LogP contribution in [-0.4, -0.2) is 19.1 Å². The smallest absolute Gasteiger partial charge is 0.160 e. The van der Waals surface area contributed by atoms with Gasteiger partial charge in [0.1, 0.15) is 11.3 Å². The largest absolute Gasteiger partial charge is 0.460 e. The van der Waals surface area contributed by atoms with E-state index in [1.165, 1.54) is 49.4 Å². The van der Waals surface area contributed by atoms with E-state index in [-0.39, 0.29) is 0 Å². The standard InChI is InChI=1S/C52H34N4O/c1-4-15-33(16-5-1)43-32-44(34-17-6-2-7-18-34)54-52(53-43)35-19-14-22-37(29-35)55-45-25-12-10-23-38(45)41-30-47-42(31-46(41)55)39-27-28-49-50(40-24-11-13-26-48(40)57-49)51(39)56(47)36-20-8-3-9-21-36/h1-26,29-32H,27-28H2. The fraction of sp³-hybridized carbons (Fsp3) is 0.0385. The maximum atomic E-state index is 6.52. The molecule has 11 aromatic rings. The molecule has 5 heteroatoms. The summed E-state index contributed by atoms with van der Waals surface area (Å²) in [7, 11) is 0. The van der Waals surface area contributed by atoms with Crippen LogP contribution in [0.5, 0.6) is 0 Å². The van der Waals surface area contributed by atoms with Crippen molar-refractivity contribution in [2.24, 2.45) is 0 Å². The Kier molecular flexibility index (Phi) is 6.99. The number of aryl methyl sites for hydroxylation is 2. The van der Waals surface area contributed by atoms with Gasteiger partial charge < -0.3 is 13.6 Å². The van der Waals surface area contributed by atoms with E-state index in [9.17, 15) is 0 Å². The maximum absolute atomic E-state index is 6.52. The van der Waals surface area contributed by atoms with E-state index in [1.54, 1.807) is 0 Å². The van der Waals surface area contributed by atoms with Gasteiger partial charge in [0.2, 0.25) is 0 Å². The van der Waals surface area contributed by atoms with Crippen molar-refractivity contribution in [1.29, 1.82) is 0 Å². The molecule has 268 valence electrons. The van der Waals surface area contributed by atoms with Crippen molar-refractivity contribution in [1.82, 2.24) is 19.1 Å². The van der Waals surface area contributed by atoms with Crippen molar-refractivity contribution in [3.8, 4) is 56.5 Å². The maximum Gasteiger partial charge on any atom is 0.160 e. The lowest BCUT2D eigenvalue weighted by atomic mass is 9.92. The van der Waals surface area contributed by atoms with Crippen LogP contribution in [0.1, 0.15) is 11.3 Å². The molecule has 0 atom stereocenters. The highest BCUT2D eigenvalue weighted by Crippen LogP contribution is 2.48. The van der Waals surface area contributed by atoms with Crippen LogP contribution in [0.4, 0.5) is 0 Å². The Morgan fingerprint density at radius 3 is 1.77 bits per heavy atom. The molecular weight excluding hydrogens is 697 g/mol. The summed E-state index contributed by atoms with van der Waals surface area (Å²) < 4.78 is 11.4. The molecule has 0 saturated carbocycles. The van der Waals surface area contributed by atoms with Gasteiger partial charge in [-0.3, -0.25) is 0 Å². The summed E-state index contributed by atoms with van der Waals surface area (Å²) in [5, 5.41) is 4.85. The Morgan fingerprint density at radius 1 is 0.421 bits per heavy atom. The van der Waals surface area contributed by atoms with E-state index in [2.05, 4.69) is 179 Å². The number of nitrogens with zero attached hydrogens (tertiary/aromatic N) is 4. The lowest BCUT2D eigenvalue weighted by molar-refractivity contribution is 0.545. The second-order valence-electron chi connectivity index (χ2n) is 14.9. The zero-order valence-corrected chi connectivity index (χ0v) is 30.9. The molecule has 0 bridgehead atoms. The first-order chi connectivity index (χ1) is 28.3. The minimum Gasteiger partial charge on any atom is -0.460 e. The molecule has 0 fully saturated rings. The van der Waals surface area contributed by atoms with Gasteiger partial charge in [-0.1, -0.05) is 127 Å². The lowest BCUT2D eigenvalue weighted by Crippen LogP contribution is -2.05. The van der Waals surface area contributed by atoms with E-state index in [1.807, 2.05) is 12.1 Å². The second-order valence-corrected chi connectivity index (χ2v) is 14.9. The van der Waals surface area contributed by atoms with Crippen LogP contribution >= 0.6 is 0 Å². The molecule has 12 rings (SSSR count). The number of rotatable bonds is 5. The van der Waals surface area contributed by atoms with Crippen molar-refractivity contribution in [2.75, 3.05) is 0 Å². The first-order valence-electron chi connectivity index (χ1n) is 19.5. The molecule has 0 amide bonds. The van der Waals surface area contributed by atoms with E-state index in [0.29, 0.717) is 5.82 Å². The predicted molar refractivity (Wildman–Crippen MR) is 232 cm³/mol. The molecule has 57 heavy (non-hydrogen) atoms. The monoisotopic (exact) mass is 730 g/mol. The first-order valence-corrected chi connectivity index (χ1v) is 19.5. The predicted octanol–water partition coefficient (Wildman–Crippen LogP) is 13.0. The van der Waals surface area contributed by atoms with Crippen LogP contribution in [0.25, 0.3) is 100 Å². The quantitative estimate of drug-likeness (QED) is 0.177. The van der Waals surface area contributed by atoms with E-state index in [4.69, 9.17) is 14.4 Å². The molecule has 0 saturated heterocycles. The molecule has 4 aromatic heterocycles. The van der Waals surface area contributed by atoms with Gasteiger partial charge in [0, 0.05) is 61.6 Å². The number of benzene rings is 7. The summed E-state index contributed by atoms with van der Waals surface area (Å²) in [5.41, 5.74) is 15.3. The molecule has 5 nitrogen and oxygen atoms in total. The van der Waals surface area contributed by atoms with Crippen LogP contribution in [-0.2, 0) is 12.8 Å². The Bertz CT molecular complexity index is 3280. The third-order valence-corrected chi connectivity index (χ3v) is 11.6. The second kappa shape index (κ2) is 12.5. The van der Waals surface area contributed by atoms with Crippen molar-refractivity contribution in [2.45, 2.75) is 12.8 Å². The molecule has 0 N–H and O–H groups in total. The number of fused-ring (bicyclic) bond motifs is 10. The fourth-order valence-electron chi connectivity index (χ4n) is 9.10. The van der Waals surface area contributed by atoms with E-state index in [0.717, 1.165) is 69.2 Å². The highest BCUT2D eigenvalue weighted by Gasteiger charge is 2.30. The minimum atomic E-state index is 0.692. The highest BCUT2D eigenvalue weighted by molar-refractivity contribution is 6.15. The van der Waals surface area contributed by atoms with Gasteiger partial charge in [-0.05, 0) is 66.6 Å². The summed E-state index contributed by atoms with van der Waals surface area (Å²) in [6.45, 7) is 0. The summed E-state index contributed by atoms with van der Waals surface area (Å²) in [4.78, 5) is 10.3. The van der Waals surface area contributed by atoms with Gasteiger partial charge >= 0.3 is 0 Å². The number of furan rings is 1. The van der Waals surface area contributed by atoms with Gasteiger partial charge in [-0.2, -0.15) is 0 Å². The molecule has 7 aromatic carbocycles. The van der Waals surface area contributed by atoms with Crippen LogP contribution in [0.2, 0.25) is 0 Å². The van der Waals surface area contributed by atoms with Gasteiger partial charge in [0.15, 0.2) is 5.82 Å². The minimum absolute atomic E-state index is 0.692. The summed E-state index contributed by atoms with van der Waals surface area (Å²) in [5.74, 6) is 1.76. The first kappa shape index (κ1) is 31.8. The third-order valence-electron chi connectivity index (χ3n) is 11.6. The Morgan fingerprint density at radius 2 is 1.02 bits per heavy atom. The average molecular weight is 731 g/mol. The van der Waals surface area contributed by atoms with Crippen molar-refractivity contribution in [3.05, 3.63) is 193 Å². The highest BCUT2D eigenvalue weighted by atomic mass is 16.3. The van der Waals surface area contributed by atoms with Crippen LogP contribution in [0.15, 0.2) is 186 Å². The van der Waals surface area contributed by atoms with Crippen molar-refractivity contribution in [3.63, 3.8) is 0 Å². The van der Waals surface area contributed by atoms with E-state index >= 15 is 0 Å². The Balaban J connectivity index is 1.10. The van der Waals surface area contributed by atoms with Gasteiger partial charge in [-0.25, -0.2) is 9.97 Å². The van der Waals surface area contributed by atoms with Crippen molar-refractivity contribution >= 4 is 43.7 Å². The number of aromatic nitrogens is 4. The SMILES string of the molecule is c1ccc(-c2cc(-c3ccccc3)nc(-c3cccc(-n4c5ccccc5c5cc6c(cc54)c4c(n6-c5ccccc5)-c5c(oc6ccccc56)CC4)c3)n2)cc1. The fourth-order valence-corrected chi connectivity index (χ4v) is 9.10. The molecule has 0 aliphatic heterocycles. The molecule has 1 aliphatic rings. The zero-order chi connectivity index (χ0) is 37.5. The average Bonchev–Trinajstić information content (AvgIpc) is 3.93. The van der Waals surface area contributed by atoms with Crippen LogP contribution in [0.3, 0.4) is 0 Å². The van der Waals surface area contributed by atoms with Gasteiger partial charge in [0.25, 0.3) is 0 Å². The van der Waals surface area contributed by atoms with Gasteiger partial charge in [-0.15, -0.1) is 0 Å². The number of hydrogen-bond donors (Lipinski definition) is 0. The summed E-state index contributed by atoms with van der Waals surface area (Å²) in [6, 6.07) is 64.4. The lowest BCUT2D eigenvalue weighted by Gasteiger charge is -2.16. The van der Waals surface area contributed by atoms with Crippen LogP contribution < -0.4 is 0 Å². The number of hydrogen-bond acceptors (Lipinski definition) is 3. The summed E-state index contributed by atoms with van der Waals surface area (Å²) >= 11 is 0. The molecule has 4 heterocycles. The molecular formula is C52H34N4O. The van der Waals surface area contributed by atoms with E-state index < -0.39 is 0 Å². The van der Waals surface area contributed by atoms with Gasteiger partial charge in [0.05, 0.1) is 33.6 Å². The topological polar surface area (TPSA) is 48.8 Å². The molecule has 1 aliphatic carbocycles. The Labute approximate surface area is 328 Å². The normalized spacial score (nSPS) is 12.4. The zero-order valence-electron chi connectivity index (χ0n) is 30.9. The van der Waals surface area contributed by atoms with Crippen LogP contribution in [0, 0.1) is 0 Å². The molecule has 0 spiro atoms. The molecule has 0 unspecified atom stereocenters. The summed E-state index contributed by atoms with van der Waals surface area (Å²) in [6.07, 6.45) is 1.76. The third kappa shape index (κ3) is 4.95.